The van der Waals surface area contributed by atoms with E-state index in [1.54, 1.807) is 88.2 Å². The van der Waals surface area contributed by atoms with Crippen LogP contribution in [0.5, 0.6) is 0 Å². The summed E-state index contributed by atoms with van der Waals surface area (Å²) in [6, 6.07) is 19.6. The minimum Gasteiger partial charge on any atom is -0.316 e. The molecule has 2 saturated heterocycles. The topological polar surface area (TPSA) is 24.1 Å². The Labute approximate surface area is 301 Å². The highest BCUT2D eigenvalue weighted by Gasteiger charge is 2.62. The SMILES string of the molecule is CC(C)(c1ccccc1)c1ccc(CP(C23CC4CC(CC(C4)C2)C3)C23CC4CC(CC(C4)C2)C3)c(CP(C2CCNC2)C2CCNC2)c1. The first-order valence-corrected chi connectivity index (χ1v) is 24.2. The number of hydrogen-bond acceptors (Lipinski definition) is 2. The Morgan fingerprint density at radius 3 is 1.53 bits per heavy atom. The third kappa shape index (κ3) is 5.87. The molecule has 2 aliphatic heterocycles. The van der Waals surface area contributed by atoms with Crippen molar-refractivity contribution >= 4 is 15.8 Å². The lowest BCUT2D eigenvalue weighted by atomic mass is 9.55. The van der Waals surface area contributed by atoms with Crippen molar-refractivity contribution in [3.05, 3.63) is 70.8 Å². The summed E-state index contributed by atoms with van der Waals surface area (Å²) in [5.41, 5.74) is 8.45. The Balaban J connectivity index is 1.07. The fourth-order valence-corrected chi connectivity index (χ4v) is 23.4. The second-order valence-electron chi connectivity index (χ2n) is 19.8. The van der Waals surface area contributed by atoms with Crippen LogP contribution in [0.3, 0.4) is 0 Å². The van der Waals surface area contributed by atoms with Gasteiger partial charge in [-0.1, -0.05) is 78.2 Å². The van der Waals surface area contributed by atoms with Crippen LogP contribution in [0.15, 0.2) is 48.5 Å². The van der Waals surface area contributed by atoms with Crippen molar-refractivity contribution in [2.75, 3.05) is 26.2 Å². The summed E-state index contributed by atoms with van der Waals surface area (Å²) in [5, 5.41) is 9.03. The van der Waals surface area contributed by atoms with Crippen molar-refractivity contribution in [2.24, 2.45) is 35.5 Å². The quantitative estimate of drug-likeness (QED) is 0.242. The number of nitrogens with one attached hydrogen (secondary N) is 2. The number of benzene rings is 2. The van der Waals surface area contributed by atoms with E-state index in [0.717, 1.165) is 46.8 Å². The van der Waals surface area contributed by atoms with E-state index < -0.39 is 0 Å². The predicted octanol–water partition coefficient (Wildman–Crippen LogP) is 10.6. The molecule has 0 spiro atoms. The summed E-state index contributed by atoms with van der Waals surface area (Å²) in [6.07, 6.45) is 24.9. The van der Waals surface area contributed by atoms with Gasteiger partial charge in [0.2, 0.25) is 0 Å². The first-order chi connectivity index (χ1) is 23.8. The second-order valence-corrected chi connectivity index (χ2v) is 25.7. The van der Waals surface area contributed by atoms with E-state index in [2.05, 4.69) is 73.0 Å². The summed E-state index contributed by atoms with van der Waals surface area (Å²) < 4.78 is 0. The second kappa shape index (κ2) is 12.7. The summed E-state index contributed by atoms with van der Waals surface area (Å²) in [6.45, 7) is 9.98. The van der Waals surface area contributed by atoms with Crippen molar-refractivity contribution in [2.45, 2.75) is 143 Å². The monoisotopic (exact) mass is 694 g/mol. The van der Waals surface area contributed by atoms with Gasteiger partial charge in [-0.05, 0) is 195 Å². The smallest absolute Gasteiger partial charge is 0.0146 e. The molecule has 0 aromatic heterocycles. The highest BCUT2D eigenvalue weighted by Crippen LogP contribution is 2.80. The molecule has 2 aromatic rings. The van der Waals surface area contributed by atoms with Crippen LogP contribution in [0.2, 0.25) is 0 Å². The zero-order valence-electron chi connectivity index (χ0n) is 30.8. The van der Waals surface area contributed by atoms with E-state index in [0.29, 0.717) is 10.3 Å². The molecule has 8 bridgehead atoms. The van der Waals surface area contributed by atoms with Crippen LogP contribution in [-0.4, -0.2) is 47.8 Å². The van der Waals surface area contributed by atoms with Crippen molar-refractivity contribution in [3.63, 3.8) is 0 Å². The van der Waals surface area contributed by atoms with Gasteiger partial charge in [-0.15, -0.1) is 0 Å². The maximum absolute atomic E-state index is 3.81. The molecule has 2 unspecified atom stereocenters. The van der Waals surface area contributed by atoms with Crippen LogP contribution in [0.1, 0.15) is 126 Å². The molecule has 0 radical (unpaired) electrons. The Bertz CT molecular complexity index is 1370. The van der Waals surface area contributed by atoms with Crippen molar-refractivity contribution in [3.8, 4) is 0 Å². The van der Waals surface area contributed by atoms with Gasteiger partial charge in [0.25, 0.3) is 0 Å². The van der Waals surface area contributed by atoms with Gasteiger partial charge in [0.1, 0.15) is 0 Å². The average Bonchev–Trinajstić information content (AvgIpc) is 3.81. The minimum atomic E-state index is -0.0548. The van der Waals surface area contributed by atoms with E-state index in [4.69, 9.17) is 0 Å². The highest BCUT2D eigenvalue weighted by atomic mass is 31.1. The standard InChI is InChI=1S/C45H64N2P2/c1-43(2,39-6-4-3-5-7-39)40-9-8-37(38(20-40)29-48(41-10-12-46-27-41)42-11-13-47-28-42)30-49(44-21-31-14-32(22-44)16-33(15-31)23-44)45-24-34-17-35(25-45)19-36(18-34)26-45/h3-9,20,31-36,41-42,46-47H,10-19,21-30H2,1-2H3. The molecule has 12 rings (SSSR count). The molecule has 2 heterocycles. The minimum absolute atomic E-state index is 0.0196. The molecule has 264 valence electrons. The molecular weight excluding hydrogens is 630 g/mol. The molecule has 4 heteroatoms. The molecule has 2 nitrogen and oxygen atoms in total. The third-order valence-corrected chi connectivity index (χ3v) is 23.8. The van der Waals surface area contributed by atoms with Gasteiger partial charge in [0.05, 0.1) is 0 Å². The molecule has 8 aliphatic carbocycles. The first kappa shape index (κ1) is 32.8. The van der Waals surface area contributed by atoms with Crippen LogP contribution in [-0.2, 0) is 17.7 Å². The molecule has 49 heavy (non-hydrogen) atoms. The van der Waals surface area contributed by atoms with E-state index >= 15 is 0 Å². The average molecular weight is 695 g/mol. The van der Waals surface area contributed by atoms with Gasteiger partial charge in [0, 0.05) is 18.5 Å². The van der Waals surface area contributed by atoms with Crippen LogP contribution >= 0.6 is 15.8 Å². The Hall–Kier alpha value is -0.780. The van der Waals surface area contributed by atoms with Gasteiger partial charge >= 0.3 is 0 Å². The lowest BCUT2D eigenvalue weighted by Gasteiger charge is -2.67. The Morgan fingerprint density at radius 1 is 0.592 bits per heavy atom. The van der Waals surface area contributed by atoms with Crippen molar-refractivity contribution in [1.29, 1.82) is 0 Å². The fraction of sp³-hybridized carbons (Fsp3) is 0.733. The molecule has 10 aliphatic rings. The summed E-state index contributed by atoms with van der Waals surface area (Å²) in [4.78, 5) is 0. The maximum Gasteiger partial charge on any atom is 0.0146 e. The zero-order valence-corrected chi connectivity index (χ0v) is 32.6. The van der Waals surface area contributed by atoms with Gasteiger partial charge in [-0.25, -0.2) is 0 Å². The molecule has 0 amide bonds. The fourth-order valence-electron chi connectivity index (χ4n) is 14.7. The van der Waals surface area contributed by atoms with Gasteiger partial charge < -0.3 is 10.6 Å². The summed E-state index contributed by atoms with van der Waals surface area (Å²) >= 11 is 0. The highest BCUT2D eigenvalue weighted by molar-refractivity contribution is 7.60. The van der Waals surface area contributed by atoms with Crippen LogP contribution in [0, 0.1) is 35.5 Å². The third-order valence-electron chi connectivity index (χ3n) is 16.3. The van der Waals surface area contributed by atoms with Gasteiger partial charge in [-0.3, -0.25) is 0 Å². The molecule has 2 N–H and O–H groups in total. The Morgan fingerprint density at radius 2 is 1.08 bits per heavy atom. The van der Waals surface area contributed by atoms with E-state index in [1.807, 2.05) is 5.56 Å². The number of hydrogen-bond donors (Lipinski definition) is 2. The summed E-state index contributed by atoms with van der Waals surface area (Å²) in [5.74, 6) is 6.40. The van der Waals surface area contributed by atoms with E-state index in [9.17, 15) is 0 Å². The molecule has 2 atom stereocenters. The normalized spacial score (nSPS) is 41.8. The van der Waals surface area contributed by atoms with E-state index in [-0.39, 0.29) is 21.3 Å². The van der Waals surface area contributed by atoms with Crippen LogP contribution < -0.4 is 10.6 Å². The lowest BCUT2D eigenvalue weighted by Crippen LogP contribution is -2.56. The number of rotatable bonds is 10. The maximum atomic E-state index is 3.81. The van der Waals surface area contributed by atoms with Gasteiger partial charge in [-0.2, -0.15) is 0 Å². The van der Waals surface area contributed by atoms with Crippen LogP contribution in [0.25, 0.3) is 0 Å². The molecular formula is C45H64N2P2. The summed E-state index contributed by atoms with van der Waals surface area (Å²) in [7, 11) is -0.101. The van der Waals surface area contributed by atoms with Crippen LogP contribution in [0.4, 0.5) is 0 Å². The Kier molecular flexibility index (Phi) is 8.49. The van der Waals surface area contributed by atoms with Crippen molar-refractivity contribution < 1.29 is 0 Å². The predicted molar refractivity (Wildman–Crippen MR) is 211 cm³/mol. The first-order valence-electron chi connectivity index (χ1n) is 21.0. The molecule has 10 fully saturated rings. The molecule has 2 aromatic carbocycles. The van der Waals surface area contributed by atoms with Crippen molar-refractivity contribution in [1.82, 2.24) is 10.6 Å². The molecule has 8 saturated carbocycles. The zero-order chi connectivity index (χ0) is 32.8. The largest absolute Gasteiger partial charge is 0.316 e. The lowest BCUT2D eigenvalue weighted by molar-refractivity contribution is 0.0184. The van der Waals surface area contributed by atoms with E-state index in [1.165, 1.54) is 56.9 Å². The van der Waals surface area contributed by atoms with Gasteiger partial charge in [0.15, 0.2) is 0 Å².